The fraction of sp³-hybridized carbons (Fsp3) is 0.250. The molecule has 2 heterocycles. The molecule has 2 aromatic heterocycles. The van der Waals surface area contributed by atoms with Gasteiger partial charge in [0, 0.05) is 42.2 Å². The molecule has 1 amide bonds. The maximum atomic E-state index is 12.5. The van der Waals surface area contributed by atoms with Crippen LogP contribution >= 0.6 is 0 Å². The summed E-state index contributed by atoms with van der Waals surface area (Å²) in [5, 5.41) is 22.1. The number of rotatable bonds is 11. The molecule has 0 atom stereocenters. The number of hydrogen-bond acceptors (Lipinski definition) is 7. The van der Waals surface area contributed by atoms with Gasteiger partial charge in [0.25, 0.3) is 5.91 Å². The van der Waals surface area contributed by atoms with Gasteiger partial charge in [-0.25, -0.2) is 10.5 Å². The number of unbranched alkanes of at least 4 members (excludes halogenated alkanes) is 3. The Morgan fingerprint density at radius 1 is 0.917 bits per heavy atom. The van der Waals surface area contributed by atoms with Crippen molar-refractivity contribution in [2.45, 2.75) is 25.7 Å². The Morgan fingerprint density at radius 2 is 1.58 bits per heavy atom. The summed E-state index contributed by atoms with van der Waals surface area (Å²) in [6, 6.07) is 17.9. The maximum absolute atomic E-state index is 12.5. The standard InChI is InChI=1S/C28H30N4O4/c1-36-27-25(28(34)32-35)23-18-29-16-14-24(23)31-26(27)21-8-6-19(7-9-21)20-10-12-22(13-11-20)30-15-4-2-3-5-17-33/h6-14,16,18,30,33,35H,2-5,15,17H2,1H3,(H,32,34). The molecule has 8 nitrogen and oxygen atoms in total. The van der Waals surface area contributed by atoms with E-state index in [1.807, 2.05) is 24.3 Å². The third kappa shape index (κ3) is 5.62. The molecule has 8 heteroatoms. The van der Waals surface area contributed by atoms with E-state index in [2.05, 4.69) is 34.6 Å². The van der Waals surface area contributed by atoms with Crippen molar-refractivity contribution in [1.82, 2.24) is 15.4 Å². The number of benzene rings is 2. The average Bonchev–Trinajstić information content (AvgIpc) is 2.94. The number of carbonyl (C=O) groups excluding carboxylic acids is 1. The van der Waals surface area contributed by atoms with Gasteiger partial charge >= 0.3 is 0 Å². The summed E-state index contributed by atoms with van der Waals surface area (Å²) in [5.41, 5.74) is 6.93. The average molecular weight is 487 g/mol. The number of anilines is 1. The number of carbonyl (C=O) groups is 1. The second-order valence-electron chi connectivity index (χ2n) is 8.42. The smallest absolute Gasteiger partial charge is 0.279 e. The lowest BCUT2D eigenvalue weighted by molar-refractivity contribution is 0.0705. The van der Waals surface area contributed by atoms with Gasteiger partial charge in [0.1, 0.15) is 5.69 Å². The van der Waals surface area contributed by atoms with Crippen molar-refractivity contribution in [3.8, 4) is 28.1 Å². The van der Waals surface area contributed by atoms with E-state index in [1.54, 1.807) is 17.7 Å². The number of methoxy groups -OCH3 is 1. The highest BCUT2D eigenvalue weighted by atomic mass is 16.5. The van der Waals surface area contributed by atoms with Crippen LogP contribution in [0.3, 0.4) is 0 Å². The van der Waals surface area contributed by atoms with Crippen LogP contribution in [0.5, 0.6) is 5.75 Å². The molecule has 0 bridgehead atoms. The second-order valence-corrected chi connectivity index (χ2v) is 8.42. The minimum absolute atomic E-state index is 0.175. The summed E-state index contributed by atoms with van der Waals surface area (Å²) >= 11 is 0. The first kappa shape index (κ1) is 25.1. The molecule has 2 aromatic carbocycles. The van der Waals surface area contributed by atoms with Gasteiger partial charge < -0.3 is 15.2 Å². The topological polar surface area (TPSA) is 117 Å². The van der Waals surface area contributed by atoms with E-state index in [4.69, 9.17) is 14.8 Å². The highest BCUT2D eigenvalue weighted by molar-refractivity contribution is 6.09. The Morgan fingerprint density at radius 3 is 2.25 bits per heavy atom. The van der Waals surface area contributed by atoms with Gasteiger partial charge in [0.05, 0.1) is 18.2 Å². The van der Waals surface area contributed by atoms with Gasteiger partial charge in [-0.3, -0.25) is 15.0 Å². The lowest BCUT2D eigenvalue weighted by Crippen LogP contribution is -2.20. The highest BCUT2D eigenvalue weighted by Gasteiger charge is 2.22. The van der Waals surface area contributed by atoms with Gasteiger partial charge in [-0.15, -0.1) is 0 Å². The van der Waals surface area contributed by atoms with E-state index in [1.165, 1.54) is 13.3 Å². The molecule has 4 rings (SSSR count). The normalized spacial score (nSPS) is 10.9. The third-order valence-corrected chi connectivity index (χ3v) is 6.07. The summed E-state index contributed by atoms with van der Waals surface area (Å²) in [4.78, 5) is 21.3. The van der Waals surface area contributed by atoms with Crippen LogP contribution in [0.15, 0.2) is 67.0 Å². The number of amides is 1. The largest absolute Gasteiger partial charge is 0.494 e. The van der Waals surface area contributed by atoms with Crippen LogP contribution in [-0.4, -0.2) is 46.5 Å². The zero-order valence-corrected chi connectivity index (χ0v) is 20.2. The molecule has 4 N–H and O–H groups in total. The number of hydroxylamine groups is 1. The van der Waals surface area contributed by atoms with Crippen molar-refractivity contribution in [3.63, 3.8) is 0 Å². The third-order valence-electron chi connectivity index (χ3n) is 6.07. The van der Waals surface area contributed by atoms with E-state index < -0.39 is 5.91 Å². The Labute approximate surface area is 210 Å². The zero-order chi connectivity index (χ0) is 25.3. The Bertz CT molecular complexity index is 1310. The van der Waals surface area contributed by atoms with Crippen LogP contribution in [0.2, 0.25) is 0 Å². The molecule has 0 aliphatic carbocycles. The van der Waals surface area contributed by atoms with Crippen molar-refractivity contribution in [2.75, 3.05) is 25.6 Å². The summed E-state index contributed by atoms with van der Waals surface area (Å²) in [7, 11) is 1.47. The van der Waals surface area contributed by atoms with E-state index >= 15 is 0 Å². The highest BCUT2D eigenvalue weighted by Crippen LogP contribution is 2.36. The Kier molecular flexibility index (Phi) is 8.44. The van der Waals surface area contributed by atoms with Crippen LogP contribution in [0.25, 0.3) is 33.3 Å². The number of nitrogens with zero attached hydrogens (tertiary/aromatic N) is 2. The molecular weight excluding hydrogens is 456 g/mol. The number of hydrogen-bond donors (Lipinski definition) is 4. The number of aromatic nitrogens is 2. The second kappa shape index (κ2) is 12.1. The fourth-order valence-electron chi connectivity index (χ4n) is 4.19. The van der Waals surface area contributed by atoms with E-state index in [0.29, 0.717) is 16.6 Å². The molecule has 0 unspecified atom stereocenters. The molecule has 0 aliphatic heterocycles. The van der Waals surface area contributed by atoms with Crippen LogP contribution in [0.1, 0.15) is 36.0 Å². The van der Waals surface area contributed by atoms with Crippen LogP contribution in [-0.2, 0) is 0 Å². The number of aliphatic hydroxyl groups is 1. The maximum Gasteiger partial charge on any atom is 0.279 e. The number of nitrogens with one attached hydrogen (secondary N) is 2. The fourth-order valence-corrected chi connectivity index (χ4v) is 4.19. The Hall–Kier alpha value is -4.01. The van der Waals surface area contributed by atoms with Crippen LogP contribution < -0.4 is 15.5 Å². The lowest BCUT2D eigenvalue weighted by Gasteiger charge is -2.15. The van der Waals surface area contributed by atoms with E-state index in [9.17, 15) is 10.0 Å². The Balaban J connectivity index is 1.55. The first-order chi connectivity index (χ1) is 17.7. The summed E-state index contributed by atoms with van der Waals surface area (Å²) in [6.07, 6.45) is 7.24. The molecule has 0 spiro atoms. The van der Waals surface area contributed by atoms with Gasteiger partial charge in [-0.2, -0.15) is 0 Å². The first-order valence-electron chi connectivity index (χ1n) is 12.0. The van der Waals surface area contributed by atoms with Crippen molar-refractivity contribution in [1.29, 1.82) is 0 Å². The molecule has 0 saturated heterocycles. The monoisotopic (exact) mass is 486 g/mol. The van der Waals surface area contributed by atoms with Gasteiger partial charge in [0.15, 0.2) is 5.75 Å². The SMILES string of the molecule is COc1c(-c2ccc(-c3ccc(NCCCCCCO)cc3)cc2)nc2ccncc2c1C(=O)NO. The van der Waals surface area contributed by atoms with Gasteiger partial charge in [-0.1, -0.05) is 49.2 Å². The minimum Gasteiger partial charge on any atom is -0.494 e. The van der Waals surface area contributed by atoms with Crippen molar-refractivity contribution < 1.29 is 19.8 Å². The van der Waals surface area contributed by atoms with Crippen LogP contribution in [0.4, 0.5) is 5.69 Å². The number of aliphatic hydroxyl groups excluding tert-OH is 1. The molecule has 0 fully saturated rings. The summed E-state index contributed by atoms with van der Waals surface area (Å²) < 4.78 is 5.57. The molecule has 36 heavy (non-hydrogen) atoms. The summed E-state index contributed by atoms with van der Waals surface area (Å²) in [6.45, 7) is 1.17. The van der Waals surface area contributed by atoms with Gasteiger partial charge in [-0.05, 0) is 42.2 Å². The number of pyridine rings is 2. The van der Waals surface area contributed by atoms with Crippen LogP contribution in [0, 0.1) is 0 Å². The van der Waals surface area contributed by atoms with Crippen molar-refractivity contribution in [3.05, 3.63) is 72.6 Å². The number of fused-ring (bicyclic) bond motifs is 1. The predicted octanol–water partition coefficient (Wildman–Crippen LogP) is 5.06. The van der Waals surface area contributed by atoms with Crippen molar-refractivity contribution >= 4 is 22.5 Å². The first-order valence-corrected chi connectivity index (χ1v) is 12.0. The molecule has 186 valence electrons. The predicted molar refractivity (Wildman–Crippen MR) is 140 cm³/mol. The minimum atomic E-state index is -0.691. The zero-order valence-electron chi connectivity index (χ0n) is 20.2. The van der Waals surface area contributed by atoms with E-state index in [0.717, 1.165) is 54.6 Å². The molecule has 0 aliphatic rings. The van der Waals surface area contributed by atoms with Gasteiger partial charge in [0.2, 0.25) is 0 Å². The lowest BCUT2D eigenvalue weighted by atomic mass is 9.99. The molecule has 0 radical (unpaired) electrons. The van der Waals surface area contributed by atoms with E-state index in [-0.39, 0.29) is 17.9 Å². The molecule has 0 saturated carbocycles. The quantitative estimate of drug-likeness (QED) is 0.133. The van der Waals surface area contributed by atoms with Crippen molar-refractivity contribution in [2.24, 2.45) is 0 Å². The summed E-state index contributed by atoms with van der Waals surface area (Å²) in [5.74, 6) is -0.425. The number of ether oxygens (including phenoxy) is 1. The molecular formula is C28H30N4O4. The molecule has 4 aromatic rings.